The van der Waals surface area contributed by atoms with Crippen LogP contribution in [0.2, 0.25) is 0 Å². The van der Waals surface area contributed by atoms with Crippen LogP contribution in [-0.4, -0.2) is 36.6 Å². The van der Waals surface area contributed by atoms with E-state index in [4.69, 9.17) is 0 Å². The number of likely N-dealkylation sites (tertiary alicyclic amines) is 1. The molecule has 0 aliphatic carbocycles. The first kappa shape index (κ1) is 13.0. The van der Waals surface area contributed by atoms with Gasteiger partial charge in [0.15, 0.2) is 0 Å². The van der Waals surface area contributed by atoms with E-state index in [1.165, 1.54) is 32.4 Å². The summed E-state index contributed by atoms with van der Waals surface area (Å²) >= 11 is 0. The summed E-state index contributed by atoms with van der Waals surface area (Å²) in [6, 6.07) is 1.57. The second kappa shape index (κ2) is 6.49. The number of hydrogen-bond acceptors (Lipinski definition) is 2. The summed E-state index contributed by atoms with van der Waals surface area (Å²) in [6.45, 7) is 12.9. The molecule has 0 bridgehead atoms. The molecule has 1 rings (SSSR count). The smallest absolute Gasteiger partial charge is 0.0117 e. The first-order chi connectivity index (χ1) is 7.22. The van der Waals surface area contributed by atoms with Gasteiger partial charge >= 0.3 is 0 Å². The van der Waals surface area contributed by atoms with Crippen LogP contribution in [0.25, 0.3) is 0 Å². The van der Waals surface area contributed by atoms with Gasteiger partial charge in [0.1, 0.15) is 0 Å². The van der Waals surface area contributed by atoms with Crippen LogP contribution in [0, 0.1) is 5.92 Å². The number of rotatable bonds is 5. The average Bonchev–Trinajstić information content (AvgIpc) is 2.24. The Morgan fingerprint density at radius 3 is 2.40 bits per heavy atom. The lowest BCUT2D eigenvalue weighted by molar-refractivity contribution is 0.0995. The largest absolute Gasteiger partial charge is 0.314 e. The lowest BCUT2D eigenvalue weighted by atomic mass is 9.92. The zero-order valence-corrected chi connectivity index (χ0v) is 10.9. The Labute approximate surface area is 95.4 Å². The van der Waals surface area contributed by atoms with Gasteiger partial charge in [0.05, 0.1) is 0 Å². The maximum Gasteiger partial charge on any atom is 0.0117 e. The summed E-state index contributed by atoms with van der Waals surface area (Å²) in [5.74, 6) is 0.805. The highest BCUT2D eigenvalue weighted by molar-refractivity contribution is 4.85. The molecule has 0 aromatic carbocycles. The zero-order chi connectivity index (χ0) is 11.3. The lowest BCUT2D eigenvalue weighted by Gasteiger charge is -2.41. The normalized spacial score (nSPS) is 28.6. The highest BCUT2D eigenvalue weighted by Crippen LogP contribution is 2.21. The second-order valence-electron chi connectivity index (χ2n) is 4.90. The summed E-state index contributed by atoms with van der Waals surface area (Å²) in [5, 5.41) is 3.60. The van der Waals surface area contributed by atoms with Crippen molar-refractivity contribution in [2.24, 2.45) is 5.92 Å². The van der Waals surface area contributed by atoms with Crippen molar-refractivity contribution in [3.8, 4) is 0 Å². The standard InChI is InChI=1S/C13H28N2/c1-5-12(6-2)15-9-8-13(14-7-3)11(4)10-15/h11-14H,5-10H2,1-4H3. The Morgan fingerprint density at radius 2 is 1.93 bits per heavy atom. The molecule has 0 amide bonds. The topological polar surface area (TPSA) is 15.3 Å². The van der Waals surface area contributed by atoms with Gasteiger partial charge in [-0.25, -0.2) is 0 Å². The molecule has 90 valence electrons. The van der Waals surface area contributed by atoms with E-state index in [0.717, 1.165) is 24.5 Å². The van der Waals surface area contributed by atoms with E-state index in [9.17, 15) is 0 Å². The van der Waals surface area contributed by atoms with Gasteiger partial charge in [-0.05, 0) is 38.3 Å². The molecule has 2 heteroatoms. The number of nitrogens with zero attached hydrogens (tertiary/aromatic N) is 1. The van der Waals surface area contributed by atoms with E-state index >= 15 is 0 Å². The average molecular weight is 212 g/mol. The minimum absolute atomic E-state index is 0.751. The molecule has 0 spiro atoms. The maximum absolute atomic E-state index is 3.60. The highest BCUT2D eigenvalue weighted by Gasteiger charge is 2.27. The summed E-state index contributed by atoms with van der Waals surface area (Å²) < 4.78 is 0. The van der Waals surface area contributed by atoms with E-state index in [2.05, 4.69) is 37.9 Å². The van der Waals surface area contributed by atoms with Crippen molar-refractivity contribution in [3.63, 3.8) is 0 Å². The fraction of sp³-hybridized carbons (Fsp3) is 1.00. The van der Waals surface area contributed by atoms with Crippen LogP contribution < -0.4 is 5.32 Å². The van der Waals surface area contributed by atoms with Crippen molar-refractivity contribution in [1.82, 2.24) is 10.2 Å². The van der Waals surface area contributed by atoms with Gasteiger partial charge < -0.3 is 10.2 Å². The molecule has 1 aliphatic heterocycles. The quantitative estimate of drug-likeness (QED) is 0.753. The van der Waals surface area contributed by atoms with Crippen LogP contribution in [0.3, 0.4) is 0 Å². The molecule has 2 unspecified atom stereocenters. The molecule has 15 heavy (non-hydrogen) atoms. The predicted octanol–water partition coefficient (Wildman–Crippen LogP) is 2.49. The molecule has 0 aromatic heterocycles. The monoisotopic (exact) mass is 212 g/mol. The highest BCUT2D eigenvalue weighted by atomic mass is 15.2. The number of nitrogens with one attached hydrogen (secondary N) is 1. The van der Waals surface area contributed by atoms with E-state index < -0.39 is 0 Å². The van der Waals surface area contributed by atoms with E-state index in [1.807, 2.05) is 0 Å². The Morgan fingerprint density at radius 1 is 1.27 bits per heavy atom. The molecule has 0 aromatic rings. The lowest BCUT2D eigenvalue weighted by Crippen LogP contribution is -2.51. The first-order valence-electron chi connectivity index (χ1n) is 6.70. The van der Waals surface area contributed by atoms with Crippen molar-refractivity contribution < 1.29 is 0 Å². The molecule has 2 atom stereocenters. The molecule has 1 heterocycles. The van der Waals surface area contributed by atoms with Gasteiger partial charge in [0.25, 0.3) is 0 Å². The van der Waals surface area contributed by atoms with Crippen LogP contribution in [0.5, 0.6) is 0 Å². The maximum atomic E-state index is 3.60. The van der Waals surface area contributed by atoms with E-state index in [-0.39, 0.29) is 0 Å². The Balaban J connectivity index is 2.42. The Bertz CT molecular complexity index is 166. The summed E-state index contributed by atoms with van der Waals surface area (Å²) in [7, 11) is 0. The SMILES string of the molecule is CCNC1CCN(C(CC)CC)CC1C. The van der Waals surface area contributed by atoms with Crippen molar-refractivity contribution in [2.75, 3.05) is 19.6 Å². The van der Waals surface area contributed by atoms with Crippen LogP contribution >= 0.6 is 0 Å². The first-order valence-corrected chi connectivity index (χ1v) is 6.70. The zero-order valence-electron chi connectivity index (χ0n) is 10.9. The third-order valence-corrected chi connectivity index (χ3v) is 3.86. The molecule has 0 saturated carbocycles. The molecule has 1 N–H and O–H groups in total. The van der Waals surface area contributed by atoms with Gasteiger partial charge in [0, 0.05) is 18.6 Å². The fourth-order valence-corrected chi connectivity index (χ4v) is 2.88. The molecular formula is C13H28N2. The molecule has 1 aliphatic rings. The third kappa shape index (κ3) is 3.46. The van der Waals surface area contributed by atoms with Crippen LogP contribution in [0.4, 0.5) is 0 Å². The molecule has 0 radical (unpaired) electrons. The van der Waals surface area contributed by atoms with Crippen molar-refractivity contribution in [1.29, 1.82) is 0 Å². The Hall–Kier alpha value is -0.0800. The Kier molecular flexibility index (Phi) is 5.62. The second-order valence-corrected chi connectivity index (χ2v) is 4.90. The summed E-state index contributed by atoms with van der Waals surface area (Å²) in [5.41, 5.74) is 0. The molecule has 1 saturated heterocycles. The van der Waals surface area contributed by atoms with Crippen molar-refractivity contribution >= 4 is 0 Å². The van der Waals surface area contributed by atoms with Gasteiger partial charge in [-0.15, -0.1) is 0 Å². The van der Waals surface area contributed by atoms with Gasteiger partial charge in [-0.2, -0.15) is 0 Å². The minimum atomic E-state index is 0.751. The van der Waals surface area contributed by atoms with E-state index in [0.29, 0.717) is 0 Å². The van der Waals surface area contributed by atoms with Gasteiger partial charge in [-0.3, -0.25) is 0 Å². The van der Waals surface area contributed by atoms with Crippen LogP contribution in [-0.2, 0) is 0 Å². The number of piperidine rings is 1. The predicted molar refractivity (Wildman–Crippen MR) is 67.2 cm³/mol. The minimum Gasteiger partial charge on any atom is -0.314 e. The van der Waals surface area contributed by atoms with Crippen LogP contribution in [0.15, 0.2) is 0 Å². The van der Waals surface area contributed by atoms with Gasteiger partial charge in [0.2, 0.25) is 0 Å². The van der Waals surface area contributed by atoms with Crippen molar-refractivity contribution in [3.05, 3.63) is 0 Å². The number of hydrogen-bond donors (Lipinski definition) is 1. The van der Waals surface area contributed by atoms with Gasteiger partial charge in [-0.1, -0.05) is 27.7 Å². The van der Waals surface area contributed by atoms with Crippen LogP contribution in [0.1, 0.15) is 47.0 Å². The summed E-state index contributed by atoms with van der Waals surface area (Å²) in [4.78, 5) is 2.69. The molecule has 2 nitrogen and oxygen atoms in total. The third-order valence-electron chi connectivity index (χ3n) is 3.86. The molecular weight excluding hydrogens is 184 g/mol. The van der Waals surface area contributed by atoms with Crippen molar-refractivity contribution in [2.45, 2.75) is 59.0 Å². The fourth-order valence-electron chi connectivity index (χ4n) is 2.88. The summed E-state index contributed by atoms with van der Waals surface area (Å²) in [6.07, 6.45) is 3.93. The molecule has 1 fully saturated rings. The van der Waals surface area contributed by atoms with E-state index in [1.54, 1.807) is 0 Å².